The molecule has 0 aromatic rings. The van der Waals surface area contributed by atoms with Crippen LogP contribution in [0.4, 0.5) is 0 Å². The number of hydrogen-bond acceptors (Lipinski definition) is 2. The molecule has 2 fully saturated rings. The van der Waals surface area contributed by atoms with Crippen LogP contribution in [0, 0.1) is 0 Å². The van der Waals surface area contributed by atoms with Gasteiger partial charge in [0.15, 0.2) is 13.1 Å². The highest BCUT2D eigenvalue weighted by atomic mass is 16.2. The number of quaternary nitrogens is 2. The molecule has 28 heavy (non-hydrogen) atoms. The maximum absolute atomic E-state index is 12.1. The van der Waals surface area contributed by atoms with Crippen molar-refractivity contribution in [1.82, 2.24) is 10.6 Å². The number of likely N-dealkylation sites (tertiary alicyclic amines) is 2. The van der Waals surface area contributed by atoms with Crippen LogP contribution in [-0.4, -0.2) is 87.2 Å². The predicted octanol–water partition coefficient (Wildman–Crippen LogP) is 2.04. The summed E-state index contributed by atoms with van der Waals surface area (Å²) in [6.07, 6.45) is 11.9. The molecule has 2 amide bonds. The molecule has 2 rings (SSSR count). The Labute approximate surface area is 172 Å². The number of amides is 2. The number of likely N-dealkylation sites (N-methyl/N-ethyl adjacent to an activating group) is 2. The van der Waals surface area contributed by atoms with Gasteiger partial charge in [-0.05, 0) is 51.4 Å². The third-order valence-corrected chi connectivity index (χ3v) is 6.59. The Bertz CT molecular complexity index is 439. The number of hydrogen-bond donors (Lipinski definition) is 2. The topological polar surface area (TPSA) is 58.2 Å². The molecule has 2 aliphatic heterocycles. The molecule has 0 saturated carbocycles. The van der Waals surface area contributed by atoms with Crippen molar-refractivity contribution in [3.8, 4) is 0 Å². The third kappa shape index (κ3) is 8.91. The van der Waals surface area contributed by atoms with Gasteiger partial charge in [0.2, 0.25) is 0 Å². The number of piperidine rings is 2. The first-order chi connectivity index (χ1) is 13.4. The lowest BCUT2D eigenvalue weighted by Gasteiger charge is -2.37. The summed E-state index contributed by atoms with van der Waals surface area (Å²) >= 11 is 0. The van der Waals surface area contributed by atoms with E-state index in [1.807, 2.05) is 0 Å². The third-order valence-electron chi connectivity index (χ3n) is 6.59. The van der Waals surface area contributed by atoms with Crippen molar-refractivity contribution in [2.45, 2.75) is 64.2 Å². The van der Waals surface area contributed by atoms with Crippen LogP contribution in [0.25, 0.3) is 0 Å². The van der Waals surface area contributed by atoms with Gasteiger partial charge in [-0.3, -0.25) is 9.59 Å². The van der Waals surface area contributed by atoms with Crippen molar-refractivity contribution in [2.75, 3.05) is 66.5 Å². The van der Waals surface area contributed by atoms with Crippen LogP contribution in [0.3, 0.4) is 0 Å². The molecule has 2 aliphatic rings. The molecule has 0 spiro atoms. The Morgan fingerprint density at radius 2 is 0.964 bits per heavy atom. The van der Waals surface area contributed by atoms with Crippen molar-refractivity contribution in [3.05, 3.63) is 0 Å². The van der Waals surface area contributed by atoms with Crippen LogP contribution < -0.4 is 10.6 Å². The van der Waals surface area contributed by atoms with Crippen molar-refractivity contribution in [2.24, 2.45) is 0 Å². The average molecular weight is 397 g/mol. The minimum absolute atomic E-state index is 0.200. The quantitative estimate of drug-likeness (QED) is 0.415. The van der Waals surface area contributed by atoms with Gasteiger partial charge in [-0.25, -0.2) is 0 Å². The van der Waals surface area contributed by atoms with E-state index in [0.29, 0.717) is 13.1 Å². The summed E-state index contributed by atoms with van der Waals surface area (Å²) in [5.74, 6) is 0.400. The largest absolute Gasteiger partial charge is 0.351 e. The van der Waals surface area contributed by atoms with Crippen LogP contribution in [0.1, 0.15) is 64.2 Å². The smallest absolute Gasteiger partial charge is 0.275 e. The predicted molar refractivity (Wildman–Crippen MR) is 114 cm³/mol. The van der Waals surface area contributed by atoms with Gasteiger partial charge in [-0.1, -0.05) is 12.8 Å². The van der Waals surface area contributed by atoms with E-state index in [-0.39, 0.29) is 11.8 Å². The molecule has 0 bridgehead atoms. The maximum Gasteiger partial charge on any atom is 0.275 e. The molecule has 0 unspecified atom stereocenters. The first-order valence-corrected chi connectivity index (χ1v) is 11.6. The lowest BCUT2D eigenvalue weighted by molar-refractivity contribution is -0.906. The summed E-state index contributed by atoms with van der Waals surface area (Å²) in [5, 5.41) is 6.18. The highest BCUT2D eigenvalue weighted by Gasteiger charge is 2.28. The van der Waals surface area contributed by atoms with E-state index < -0.39 is 0 Å². The van der Waals surface area contributed by atoms with Crippen molar-refractivity contribution < 1.29 is 18.6 Å². The lowest BCUT2D eigenvalue weighted by Crippen LogP contribution is -2.53. The van der Waals surface area contributed by atoms with Gasteiger partial charge in [-0.15, -0.1) is 0 Å². The first-order valence-electron chi connectivity index (χ1n) is 11.6. The molecule has 6 heteroatoms. The van der Waals surface area contributed by atoms with Gasteiger partial charge in [0, 0.05) is 13.1 Å². The van der Waals surface area contributed by atoms with E-state index in [9.17, 15) is 9.59 Å². The van der Waals surface area contributed by atoms with Gasteiger partial charge in [0.05, 0.1) is 40.3 Å². The Kier molecular flexibility index (Phi) is 9.72. The molecule has 0 aliphatic carbocycles. The molecule has 2 saturated heterocycles. The van der Waals surface area contributed by atoms with E-state index in [4.69, 9.17) is 0 Å². The van der Waals surface area contributed by atoms with Crippen LogP contribution in [-0.2, 0) is 9.59 Å². The highest BCUT2D eigenvalue weighted by Crippen LogP contribution is 2.16. The lowest BCUT2D eigenvalue weighted by atomic mass is 10.1. The molecule has 2 N–H and O–H groups in total. The average Bonchev–Trinajstić information content (AvgIpc) is 2.64. The molecular formula is C22H44N4O2+2. The van der Waals surface area contributed by atoms with Gasteiger partial charge < -0.3 is 19.6 Å². The van der Waals surface area contributed by atoms with Crippen molar-refractivity contribution in [1.29, 1.82) is 0 Å². The zero-order valence-electron chi connectivity index (χ0n) is 18.4. The molecule has 0 aromatic carbocycles. The van der Waals surface area contributed by atoms with E-state index in [0.717, 1.165) is 73.9 Å². The van der Waals surface area contributed by atoms with E-state index in [1.54, 1.807) is 0 Å². The van der Waals surface area contributed by atoms with Crippen LogP contribution in [0.5, 0.6) is 0 Å². The van der Waals surface area contributed by atoms with Gasteiger partial charge >= 0.3 is 0 Å². The summed E-state index contributed by atoms with van der Waals surface area (Å²) in [6.45, 7) is 7.36. The zero-order valence-corrected chi connectivity index (χ0v) is 18.4. The standard InChI is InChI=1S/C22H42N4O2/c1-25(15-9-5-10-16-25)19-21(27)23-13-7-3-4-8-14-24-22(28)20-26(2)17-11-6-12-18-26/h3-20H2,1-2H3/p+2. The first kappa shape index (κ1) is 23.1. The molecule has 0 atom stereocenters. The number of carbonyl (C=O) groups is 2. The van der Waals surface area contributed by atoms with E-state index in [2.05, 4.69) is 24.7 Å². The van der Waals surface area contributed by atoms with Crippen molar-refractivity contribution >= 4 is 11.8 Å². The number of nitrogens with one attached hydrogen (secondary N) is 2. The fourth-order valence-corrected chi connectivity index (χ4v) is 4.73. The SMILES string of the molecule is C[N+]1(CC(=O)NCCCCCCNC(=O)C[N+]2(C)CCCCC2)CCCCC1. The van der Waals surface area contributed by atoms with Crippen molar-refractivity contribution in [3.63, 3.8) is 0 Å². The number of nitrogens with zero attached hydrogens (tertiary/aromatic N) is 2. The van der Waals surface area contributed by atoms with E-state index >= 15 is 0 Å². The number of rotatable bonds is 11. The fourth-order valence-electron chi connectivity index (χ4n) is 4.73. The minimum atomic E-state index is 0.200. The zero-order chi connectivity index (χ0) is 20.3. The summed E-state index contributed by atoms with van der Waals surface area (Å²) in [4.78, 5) is 24.3. The summed E-state index contributed by atoms with van der Waals surface area (Å²) in [7, 11) is 4.42. The Morgan fingerprint density at radius 3 is 1.32 bits per heavy atom. The van der Waals surface area contributed by atoms with Gasteiger partial charge in [-0.2, -0.15) is 0 Å². The van der Waals surface area contributed by atoms with E-state index in [1.165, 1.54) is 38.5 Å². The van der Waals surface area contributed by atoms with Gasteiger partial charge in [0.1, 0.15) is 0 Å². The maximum atomic E-state index is 12.1. The molecular weight excluding hydrogens is 352 g/mol. The monoisotopic (exact) mass is 396 g/mol. The summed E-state index contributed by atoms with van der Waals surface area (Å²) in [6, 6.07) is 0. The Morgan fingerprint density at radius 1 is 0.607 bits per heavy atom. The highest BCUT2D eigenvalue weighted by molar-refractivity contribution is 5.77. The van der Waals surface area contributed by atoms with Gasteiger partial charge in [0.25, 0.3) is 11.8 Å². The molecule has 0 radical (unpaired) electrons. The normalized spacial score (nSPS) is 21.1. The number of carbonyl (C=O) groups excluding carboxylic acids is 2. The minimum Gasteiger partial charge on any atom is -0.351 e. The number of unbranched alkanes of at least 4 members (excludes halogenated alkanes) is 3. The Balaban J connectivity index is 1.43. The van der Waals surface area contributed by atoms with Crippen LogP contribution in [0.15, 0.2) is 0 Å². The van der Waals surface area contributed by atoms with Crippen LogP contribution >= 0.6 is 0 Å². The second-order valence-corrected chi connectivity index (χ2v) is 9.69. The summed E-state index contributed by atoms with van der Waals surface area (Å²) < 4.78 is 1.81. The molecule has 162 valence electrons. The second-order valence-electron chi connectivity index (χ2n) is 9.69. The molecule has 0 aromatic heterocycles. The molecule has 2 heterocycles. The second kappa shape index (κ2) is 11.8. The van der Waals surface area contributed by atoms with Crippen LogP contribution in [0.2, 0.25) is 0 Å². The summed E-state index contributed by atoms with van der Waals surface area (Å²) in [5.41, 5.74) is 0. The fraction of sp³-hybridized carbons (Fsp3) is 0.909. The Hall–Kier alpha value is -1.14. The molecule has 6 nitrogen and oxygen atoms in total.